The summed E-state index contributed by atoms with van der Waals surface area (Å²) in [7, 11) is 0. The molecule has 1 heterocycles. The van der Waals surface area contributed by atoms with Crippen molar-refractivity contribution in [3.63, 3.8) is 0 Å². The molecule has 21 heavy (non-hydrogen) atoms. The molecule has 1 amide bonds. The van der Waals surface area contributed by atoms with Crippen LogP contribution in [-0.2, 0) is 11.2 Å². The zero-order valence-electron chi connectivity index (χ0n) is 12.3. The van der Waals surface area contributed by atoms with Crippen LogP contribution in [0.4, 0.5) is 11.4 Å². The number of nitrogens with one attached hydrogen (secondary N) is 1. The van der Waals surface area contributed by atoms with E-state index in [0.717, 1.165) is 28.9 Å². The van der Waals surface area contributed by atoms with Gasteiger partial charge in [0.2, 0.25) is 5.91 Å². The van der Waals surface area contributed by atoms with Crippen LogP contribution in [0.1, 0.15) is 29.5 Å². The van der Waals surface area contributed by atoms with Gasteiger partial charge in [0.1, 0.15) is 5.92 Å². The molecule has 0 aromatic heterocycles. The molecule has 3 heteroatoms. The van der Waals surface area contributed by atoms with E-state index in [2.05, 4.69) is 29.4 Å². The SMILES string of the molecule is CCc1ccc(N=CC2C(=O)Nc3cccc(C)c32)cc1. The summed E-state index contributed by atoms with van der Waals surface area (Å²) in [6, 6.07) is 14.0. The average molecular weight is 278 g/mol. The minimum Gasteiger partial charge on any atom is -0.325 e. The van der Waals surface area contributed by atoms with Crippen molar-refractivity contribution in [3.05, 3.63) is 59.2 Å². The lowest BCUT2D eigenvalue weighted by Gasteiger charge is -2.06. The monoisotopic (exact) mass is 278 g/mol. The number of aryl methyl sites for hydroxylation is 2. The Morgan fingerprint density at radius 1 is 1.19 bits per heavy atom. The molecule has 1 atom stereocenters. The van der Waals surface area contributed by atoms with Crippen LogP contribution in [0, 0.1) is 6.92 Å². The predicted molar refractivity (Wildman–Crippen MR) is 86.5 cm³/mol. The highest BCUT2D eigenvalue weighted by Crippen LogP contribution is 2.34. The van der Waals surface area contributed by atoms with Crippen LogP contribution in [0.5, 0.6) is 0 Å². The number of carbonyl (C=O) groups is 1. The number of aliphatic imine (C=N–C) groups is 1. The minimum atomic E-state index is -0.299. The first-order chi connectivity index (χ1) is 10.2. The zero-order chi connectivity index (χ0) is 14.8. The van der Waals surface area contributed by atoms with Gasteiger partial charge in [0.25, 0.3) is 0 Å². The minimum absolute atomic E-state index is 0.00627. The Hall–Kier alpha value is -2.42. The molecule has 0 spiro atoms. The fraction of sp³-hybridized carbons (Fsp3) is 0.222. The number of hydrogen-bond acceptors (Lipinski definition) is 2. The number of carbonyl (C=O) groups excluding carboxylic acids is 1. The number of rotatable bonds is 3. The van der Waals surface area contributed by atoms with Gasteiger partial charge in [-0.05, 0) is 48.2 Å². The first kappa shape index (κ1) is 13.6. The van der Waals surface area contributed by atoms with Gasteiger partial charge in [0, 0.05) is 11.9 Å². The smallest absolute Gasteiger partial charge is 0.237 e. The lowest BCUT2D eigenvalue weighted by atomic mass is 9.97. The summed E-state index contributed by atoms with van der Waals surface area (Å²) < 4.78 is 0. The van der Waals surface area contributed by atoms with Gasteiger partial charge in [-0.3, -0.25) is 9.79 Å². The van der Waals surface area contributed by atoms with Crippen molar-refractivity contribution in [2.75, 3.05) is 5.32 Å². The van der Waals surface area contributed by atoms with Crippen LogP contribution in [0.25, 0.3) is 0 Å². The number of fused-ring (bicyclic) bond motifs is 1. The third kappa shape index (κ3) is 2.59. The molecule has 0 radical (unpaired) electrons. The Morgan fingerprint density at radius 2 is 1.95 bits per heavy atom. The van der Waals surface area contributed by atoms with E-state index < -0.39 is 0 Å². The van der Waals surface area contributed by atoms with Gasteiger partial charge in [-0.15, -0.1) is 0 Å². The second-order valence-corrected chi connectivity index (χ2v) is 5.30. The van der Waals surface area contributed by atoms with E-state index in [1.54, 1.807) is 6.21 Å². The van der Waals surface area contributed by atoms with E-state index in [1.165, 1.54) is 5.56 Å². The van der Waals surface area contributed by atoms with E-state index in [4.69, 9.17) is 0 Å². The second-order valence-electron chi connectivity index (χ2n) is 5.30. The lowest BCUT2D eigenvalue weighted by Crippen LogP contribution is -2.13. The summed E-state index contributed by atoms with van der Waals surface area (Å²) in [5.74, 6) is -0.305. The zero-order valence-corrected chi connectivity index (χ0v) is 12.3. The Morgan fingerprint density at radius 3 is 2.67 bits per heavy atom. The average Bonchev–Trinajstić information content (AvgIpc) is 2.82. The number of benzene rings is 2. The van der Waals surface area contributed by atoms with Crippen LogP contribution >= 0.6 is 0 Å². The number of nitrogens with zero attached hydrogens (tertiary/aromatic N) is 1. The maximum absolute atomic E-state index is 12.1. The normalized spacial score (nSPS) is 17.0. The molecule has 1 N–H and O–H groups in total. The summed E-state index contributed by atoms with van der Waals surface area (Å²) in [6.45, 7) is 4.15. The molecule has 2 aromatic carbocycles. The van der Waals surface area contributed by atoms with Crippen LogP contribution in [0.15, 0.2) is 47.5 Å². The van der Waals surface area contributed by atoms with E-state index >= 15 is 0 Å². The van der Waals surface area contributed by atoms with Gasteiger partial charge in [-0.25, -0.2) is 0 Å². The highest BCUT2D eigenvalue weighted by Gasteiger charge is 2.30. The fourth-order valence-corrected chi connectivity index (χ4v) is 2.66. The molecule has 1 aliphatic rings. The van der Waals surface area contributed by atoms with Gasteiger partial charge in [-0.1, -0.05) is 31.2 Å². The lowest BCUT2D eigenvalue weighted by molar-refractivity contribution is -0.115. The first-order valence-corrected chi connectivity index (χ1v) is 7.22. The van der Waals surface area contributed by atoms with E-state index in [1.807, 2.05) is 37.3 Å². The first-order valence-electron chi connectivity index (χ1n) is 7.22. The van der Waals surface area contributed by atoms with Crippen LogP contribution < -0.4 is 5.32 Å². The Bertz CT molecular complexity index is 702. The summed E-state index contributed by atoms with van der Waals surface area (Å²) >= 11 is 0. The van der Waals surface area contributed by atoms with Gasteiger partial charge in [0.05, 0.1) is 5.69 Å². The molecular weight excluding hydrogens is 260 g/mol. The van der Waals surface area contributed by atoms with E-state index in [0.29, 0.717) is 0 Å². The van der Waals surface area contributed by atoms with Crippen molar-refractivity contribution in [1.82, 2.24) is 0 Å². The van der Waals surface area contributed by atoms with E-state index in [-0.39, 0.29) is 11.8 Å². The summed E-state index contributed by atoms with van der Waals surface area (Å²) in [4.78, 5) is 16.6. The summed E-state index contributed by atoms with van der Waals surface area (Å²) in [5, 5.41) is 2.91. The predicted octanol–water partition coefficient (Wildman–Crippen LogP) is 4.00. The van der Waals surface area contributed by atoms with Crippen molar-refractivity contribution in [3.8, 4) is 0 Å². The molecule has 0 saturated heterocycles. The molecular formula is C18H18N2O. The fourth-order valence-electron chi connectivity index (χ4n) is 2.66. The maximum Gasteiger partial charge on any atom is 0.237 e. The highest BCUT2D eigenvalue weighted by atomic mass is 16.2. The van der Waals surface area contributed by atoms with Gasteiger partial charge < -0.3 is 5.32 Å². The molecule has 2 aromatic rings. The van der Waals surface area contributed by atoms with Gasteiger partial charge >= 0.3 is 0 Å². The van der Waals surface area contributed by atoms with Crippen LogP contribution in [0.3, 0.4) is 0 Å². The molecule has 0 aliphatic carbocycles. The Kier molecular flexibility index (Phi) is 3.57. The second kappa shape index (κ2) is 5.52. The topological polar surface area (TPSA) is 41.5 Å². The third-order valence-electron chi connectivity index (χ3n) is 3.89. The highest BCUT2D eigenvalue weighted by molar-refractivity contribution is 6.13. The molecule has 3 rings (SSSR count). The number of amides is 1. The van der Waals surface area contributed by atoms with Crippen molar-refractivity contribution in [1.29, 1.82) is 0 Å². The van der Waals surface area contributed by atoms with Crippen molar-refractivity contribution < 1.29 is 4.79 Å². The van der Waals surface area contributed by atoms with Crippen molar-refractivity contribution in [2.24, 2.45) is 4.99 Å². The largest absolute Gasteiger partial charge is 0.325 e. The Balaban J connectivity index is 1.88. The summed E-state index contributed by atoms with van der Waals surface area (Å²) in [5.41, 5.74) is 5.22. The molecule has 0 saturated carbocycles. The molecule has 1 aliphatic heterocycles. The van der Waals surface area contributed by atoms with Crippen molar-refractivity contribution in [2.45, 2.75) is 26.2 Å². The molecule has 1 unspecified atom stereocenters. The van der Waals surface area contributed by atoms with Gasteiger partial charge in [-0.2, -0.15) is 0 Å². The standard InChI is InChI=1S/C18H18N2O/c1-3-13-7-9-14(10-8-13)19-11-15-17-12(2)5-4-6-16(17)20-18(15)21/h4-11,15H,3H2,1-2H3,(H,20,21). The van der Waals surface area contributed by atoms with Crippen molar-refractivity contribution >= 4 is 23.5 Å². The summed E-state index contributed by atoms with van der Waals surface area (Å²) in [6.07, 6.45) is 2.76. The number of anilines is 1. The molecule has 106 valence electrons. The van der Waals surface area contributed by atoms with Crippen LogP contribution in [0.2, 0.25) is 0 Å². The molecule has 0 fully saturated rings. The van der Waals surface area contributed by atoms with Gasteiger partial charge in [0.15, 0.2) is 0 Å². The van der Waals surface area contributed by atoms with E-state index in [9.17, 15) is 4.79 Å². The molecule has 3 nitrogen and oxygen atoms in total. The Labute approximate surface area is 124 Å². The molecule has 0 bridgehead atoms. The third-order valence-corrected chi connectivity index (χ3v) is 3.89. The quantitative estimate of drug-likeness (QED) is 0.847. The maximum atomic E-state index is 12.1. The number of hydrogen-bond donors (Lipinski definition) is 1. The van der Waals surface area contributed by atoms with Crippen LogP contribution in [-0.4, -0.2) is 12.1 Å².